The largest absolute Gasteiger partial charge is 0.328 e. The van der Waals surface area contributed by atoms with Crippen molar-refractivity contribution in [2.24, 2.45) is 28.6 Å². The zero-order valence-corrected chi connectivity index (χ0v) is 22.4. The Hall–Kier alpha value is -2.88. The lowest BCUT2D eigenvalue weighted by molar-refractivity contribution is -0.118. The SMILES string of the molecule is C[C@@]12CCC[C@H]1[C@@H]1CN(C(=O)N(CCc3ccccc3)c3ccccc3)C3=CC(=O)CC[C@]3(C)[C@H]1CC2. The van der Waals surface area contributed by atoms with Gasteiger partial charge in [0.05, 0.1) is 0 Å². The van der Waals surface area contributed by atoms with Crippen molar-refractivity contribution in [1.82, 2.24) is 4.90 Å². The molecule has 0 bridgehead atoms. The molecule has 2 aromatic carbocycles. The maximum Gasteiger partial charge on any atom is 0.328 e. The summed E-state index contributed by atoms with van der Waals surface area (Å²) in [6, 6.07) is 20.5. The minimum absolute atomic E-state index is 0.0260. The molecule has 1 aliphatic heterocycles. The molecule has 4 heteroatoms. The van der Waals surface area contributed by atoms with Crippen LogP contribution < -0.4 is 4.90 Å². The Morgan fingerprint density at radius 2 is 1.68 bits per heavy atom. The molecule has 6 rings (SSSR count). The van der Waals surface area contributed by atoms with Gasteiger partial charge < -0.3 is 0 Å². The van der Waals surface area contributed by atoms with E-state index in [0.717, 1.165) is 30.8 Å². The van der Waals surface area contributed by atoms with Crippen LogP contribution in [0.1, 0.15) is 64.4 Å². The molecule has 1 saturated heterocycles. The molecule has 5 atom stereocenters. The van der Waals surface area contributed by atoms with Crippen molar-refractivity contribution in [3.63, 3.8) is 0 Å². The number of ketones is 1. The van der Waals surface area contributed by atoms with Gasteiger partial charge in [-0.1, -0.05) is 68.8 Å². The van der Waals surface area contributed by atoms with E-state index in [1.54, 1.807) is 0 Å². The van der Waals surface area contributed by atoms with Crippen LogP contribution in [0.25, 0.3) is 0 Å². The summed E-state index contributed by atoms with van der Waals surface area (Å²) in [5.41, 5.74) is 3.42. The number of piperidine rings is 1. The summed E-state index contributed by atoms with van der Waals surface area (Å²) in [6.07, 6.45) is 10.5. The van der Waals surface area contributed by atoms with Gasteiger partial charge in [0.25, 0.3) is 0 Å². The fourth-order valence-corrected chi connectivity index (χ4v) is 8.45. The monoisotopic (exact) mass is 496 g/mol. The summed E-state index contributed by atoms with van der Waals surface area (Å²) in [7, 11) is 0. The van der Waals surface area contributed by atoms with Gasteiger partial charge in [-0.2, -0.15) is 0 Å². The maximum absolute atomic E-state index is 14.6. The minimum Gasteiger partial charge on any atom is -0.297 e. The van der Waals surface area contributed by atoms with Crippen LogP contribution in [0.5, 0.6) is 0 Å². The first-order valence-electron chi connectivity index (χ1n) is 14.3. The predicted octanol–water partition coefficient (Wildman–Crippen LogP) is 7.26. The molecule has 2 aromatic rings. The average molecular weight is 497 g/mol. The van der Waals surface area contributed by atoms with Crippen LogP contribution in [-0.2, 0) is 11.2 Å². The standard InChI is InChI=1S/C33H40N2O2/c1-32-18-9-14-28(32)27-23-35(30-22-26(36)15-20-33(30,2)29(27)16-19-32)31(37)34(25-12-7-4-8-13-25)21-17-24-10-5-3-6-11-24/h3-8,10-13,22,27-29H,9,14-21,23H2,1-2H3/t27-,28-,29-,32-,33+/m0/s1. The number of anilines is 1. The number of hydrogen-bond acceptors (Lipinski definition) is 2. The van der Waals surface area contributed by atoms with Crippen molar-refractivity contribution in [1.29, 1.82) is 0 Å². The van der Waals surface area contributed by atoms with Gasteiger partial charge in [0.15, 0.2) is 5.78 Å². The molecule has 2 amide bonds. The zero-order valence-electron chi connectivity index (χ0n) is 22.4. The van der Waals surface area contributed by atoms with Gasteiger partial charge in [-0.05, 0) is 79.4 Å². The Balaban J connectivity index is 1.37. The molecule has 2 saturated carbocycles. The molecule has 4 nitrogen and oxygen atoms in total. The van der Waals surface area contributed by atoms with Gasteiger partial charge in [0.1, 0.15) is 0 Å². The summed E-state index contributed by atoms with van der Waals surface area (Å²) < 4.78 is 0. The van der Waals surface area contributed by atoms with Crippen LogP contribution in [0, 0.1) is 28.6 Å². The first kappa shape index (κ1) is 24.5. The van der Waals surface area contributed by atoms with Crippen molar-refractivity contribution < 1.29 is 9.59 Å². The normalized spacial score (nSPS) is 32.7. The van der Waals surface area contributed by atoms with E-state index in [2.05, 4.69) is 38.1 Å². The fraction of sp³-hybridized carbons (Fsp3) is 0.515. The van der Waals surface area contributed by atoms with Crippen LogP contribution in [0.2, 0.25) is 0 Å². The number of urea groups is 1. The molecule has 3 aliphatic carbocycles. The fourth-order valence-electron chi connectivity index (χ4n) is 8.45. The first-order chi connectivity index (χ1) is 17.9. The van der Waals surface area contributed by atoms with Gasteiger partial charge >= 0.3 is 6.03 Å². The maximum atomic E-state index is 14.6. The van der Waals surface area contributed by atoms with Gasteiger partial charge in [0, 0.05) is 42.4 Å². The molecule has 3 fully saturated rings. The number of carbonyl (C=O) groups is 2. The number of hydrogen-bond donors (Lipinski definition) is 0. The van der Waals surface area contributed by atoms with Crippen molar-refractivity contribution >= 4 is 17.5 Å². The topological polar surface area (TPSA) is 40.6 Å². The highest BCUT2D eigenvalue weighted by Gasteiger charge is 2.59. The van der Waals surface area contributed by atoms with Crippen molar-refractivity contribution in [3.8, 4) is 0 Å². The number of allylic oxidation sites excluding steroid dienone is 2. The summed E-state index contributed by atoms with van der Waals surface area (Å²) in [4.78, 5) is 31.3. The second-order valence-electron chi connectivity index (χ2n) is 12.5. The third-order valence-electron chi connectivity index (χ3n) is 10.5. The molecule has 37 heavy (non-hydrogen) atoms. The first-order valence-corrected chi connectivity index (χ1v) is 14.3. The summed E-state index contributed by atoms with van der Waals surface area (Å²) in [6.45, 7) is 6.21. The number of amides is 2. The second-order valence-corrected chi connectivity index (χ2v) is 12.5. The average Bonchev–Trinajstić information content (AvgIpc) is 3.32. The van der Waals surface area contributed by atoms with Gasteiger partial charge in [-0.3, -0.25) is 14.6 Å². The summed E-state index contributed by atoms with van der Waals surface area (Å²) in [5.74, 6) is 1.90. The van der Waals surface area contributed by atoms with Crippen LogP contribution >= 0.6 is 0 Å². The molecule has 0 aromatic heterocycles. The molecule has 0 spiro atoms. The van der Waals surface area contributed by atoms with E-state index in [4.69, 9.17) is 0 Å². The third-order valence-corrected chi connectivity index (χ3v) is 10.5. The molecular formula is C33H40N2O2. The smallest absolute Gasteiger partial charge is 0.297 e. The van der Waals surface area contributed by atoms with Crippen LogP contribution in [0.3, 0.4) is 0 Å². The highest BCUT2D eigenvalue weighted by molar-refractivity contribution is 5.96. The molecule has 0 unspecified atom stereocenters. The highest BCUT2D eigenvalue weighted by Crippen LogP contribution is 2.64. The lowest BCUT2D eigenvalue weighted by atomic mass is 9.50. The van der Waals surface area contributed by atoms with Crippen LogP contribution in [0.15, 0.2) is 72.4 Å². The van der Waals surface area contributed by atoms with E-state index in [0.29, 0.717) is 36.1 Å². The van der Waals surface area contributed by atoms with Crippen molar-refractivity contribution in [3.05, 3.63) is 78.0 Å². The molecular weight excluding hydrogens is 456 g/mol. The van der Waals surface area contributed by atoms with E-state index < -0.39 is 0 Å². The van der Waals surface area contributed by atoms with E-state index in [-0.39, 0.29) is 17.2 Å². The van der Waals surface area contributed by atoms with E-state index in [1.807, 2.05) is 52.3 Å². The molecule has 0 radical (unpaired) electrons. The van der Waals surface area contributed by atoms with Gasteiger partial charge in [-0.15, -0.1) is 0 Å². The number of likely N-dealkylation sites (tertiary alicyclic amines) is 1. The molecule has 4 aliphatic rings. The van der Waals surface area contributed by atoms with E-state index in [1.165, 1.54) is 37.7 Å². The number of nitrogens with zero attached hydrogens (tertiary/aromatic N) is 2. The van der Waals surface area contributed by atoms with E-state index in [9.17, 15) is 9.59 Å². The Bertz CT molecular complexity index is 1190. The van der Waals surface area contributed by atoms with Crippen LogP contribution in [-0.4, -0.2) is 29.8 Å². The number of rotatable bonds is 4. The van der Waals surface area contributed by atoms with Crippen LogP contribution in [0.4, 0.5) is 10.5 Å². The quantitative estimate of drug-likeness (QED) is 0.447. The predicted molar refractivity (Wildman–Crippen MR) is 148 cm³/mol. The van der Waals surface area contributed by atoms with E-state index >= 15 is 0 Å². The number of benzene rings is 2. The third kappa shape index (κ3) is 4.23. The lowest BCUT2D eigenvalue weighted by Crippen LogP contribution is -2.60. The highest BCUT2D eigenvalue weighted by atomic mass is 16.2. The molecule has 194 valence electrons. The second kappa shape index (κ2) is 9.45. The minimum atomic E-state index is -0.113. The zero-order chi connectivity index (χ0) is 25.6. The lowest BCUT2D eigenvalue weighted by Gasteiger charge is -2.60. The Kier molecular flexibility index (Phi) is 6.25. The summed E-state index contributed by atoms with van der Waals surface area (Å²) in [5, 5.41) is 0. The van der Waals surface area contributed by atoms with Gasteiger partial charge in [-0.25, -0.2) is 4.79 Å². The Morgan fingerprint density at radius 1 is 0.946 bits per heavy atom. The molecule has 1 heterocycles. The Morgan fingerprint density at radius 3 is 2.43 bits per heavy atom. The van der Waals surface area contributed by atoms with Crippen molar-refractivity contribution in [2.45, 2.75) is 65.2 Å². The molecule has 0 N–H and O–H groups in total. The number of carbonyl (C=O) groups excluding carboxylic acids is 2. The summed E-state index contributed by atoms with van der Waals surface area (Å²) >= 11 is 0. The number of fused-ring (bicyclic) bond motifs is 5. The number of para-hydroxylation sites is 1. The van der Waals surface area contributed by atoms with Crippen molar-refractivity contribution in [2.75, 3.05) is 18.0 Å². The Labute approximate surface area is 221 Å². The van der Waals surface area contributed by atoms with Gasteiger partial charge in [0.2, 0.25) is 0 Å².